The van der Waals surface area contributed by atoms with E-state index >= 15 is 0 Å². The number of nitrogens with zero attached hydrogens (tertiary/aromatic N) is 6. The third-order valence-electron chi connectivity index (χ3n) is 5.38. The number of ether oxygens (including phenoxy) is 1. The third-order valence-corrected chi connectivity index (χ3v) is 6.40. The third kappa shape index (κ3) is 4.97. The summed E-state index contributed by atoms with van der Waals surface area (Å²) in [5, 5.41) is 0.972. The van der Waals surface area contributed by atoms with Crippen molar-refractivity contribution in [2.75, 3.05) is 26.3 Å². The van der Waals surface area contributed by atoms with Crippen LogP contribution in [0.5, 0.6) is 0 Å². The molecule has 8 heteroatoms. The Morgan fingerprint density at radius 3 is 2.55 bits per heavy atom. The van der Waals surface area contributed by atoms with E-state index in [-0.39, 0.29) is 0 Å². The van der Waals surface area contributed by atoms with Gasteiger partial charge in [0.25, 0.3) is 0 Å². The molecule has 0 aliphatic carbocycles. The standard InChI is InChI=1S/C25H24N6OS/c1-18-22(30-25(33-18)20-7-10-26-11-8-20)24(31-13-15-32-16-14-31)28-17-21-9-12-27-23(29-21)19-5-3-2-4-6-19/h2-12H,13-17H2,1H3. The molecule has 0 spiro atoms. The molecular formula is C25H24N6OS. The highest BCUT2D eigenvalue weighted by Gasteiger charge is 2.22. The Morgan fingerprint density at radius 2 is 1.76 bits per heavy atom. The van der Waals surface area contributed by atoms with Crippen molar-refractivity contribution in [3.8, 4) is 22.0 Å². The predicted molar refractivity (Wildman–Crippen MR) is 130 cm³/mol. The maximum absolute atomic E-state index is 5.58. The Morgan fingerprint density at radius 1 is 0.970 bits per heavy atom. The lowest BCUT2D eigenvalue weighted by molar-refractivity contribution is 0.0681. The molecule has 0 unspecified atom stereocenters. The number of rotatable bonds is 5. The SMILES string of the molecule is Cc1sc(-c2ccncc2)nc1C(=NCc1ccnc(-c2ccccc2)n1)N1CCOCC1. The van der Waals surface area contributed by atoms with Gasteiger partial charge in [-0.2, -0.15) is 0 Å². The van der Waals surface area contributed by atoms with Gasteiger partial charge in [0.05, 0.1) is 25.5 Å². The fraction of sp³-hybridized carbons (Fsp3) is 0.240. The van der Waals surface area contributed by atoms with Crippen LogP contribution in [0.2, 0.25) is 0 Å². The summed E-state index contributed by atoms with van der Waals surface area (Å²) in [4.78, 5) is 26.7. The number of hydrogen-bond acceptors (Lipinski definition) is 7. The molecule has 1 aliphatic heterocycles. The van der Waals surface area contributed by atoms with Crippen LogP contribution < -0.4 is 0 Å². The van der Waals surface area contributed by atoms with E-state index < -0.39 is 0 Å². The Kier molecular flexibility index (Phi) is 6.46. The van der Waals surface area contributed by atoms with Gasteiger partial charge < -0.3 is 9.64 Å². The average molecular weight is 457 g/mol. The van der Waals surface area contributed by atoms with Gasteiger partial charge in [0, 0.05) is 47.7 Å². The van der Waals surface area contributed by atoms with Gasteiger partial charge in [-0.3, -0.25) is 9.98 Å². The minimum atomic E-state index is 0.455. The van der Waals surface area contributed by atoms with E-state index in [1.807, 2.05) is 48.5 Å². The number of amidine groups is 1. The maximum Gasteiger partial charge on any atom is 0.159 e. The van der Waals surface area contributed by atoms with Crippen LogP contribution in [0.15, 0.2) is 72.1 Å². The minimum absolute atomic E-state index is 0.455. The van der Waals surface area contributed by atoms with Crippen LogP contribution in [0.1, 0.15) is 16.3 Å². The Hall–Kier alpha value is -3.49. The molecule has 4 heterocycles. The van der Waals surface area contributed by atoms with E-state index in [0.717, 1.165) is 51.3 Å². The zero-order valence-electron chi connectivity index (χ0n) is 18.4. The second kappa shape index (κ2) is 9.97. The largest absolute Gasteiger partial charge is 0.378 e. The second-order valence-electron chi connectivity index (χ2n) is 7.64. The summed E-state index contributed by atoms with van der Waals surface area (Å²) in [5.74, 6) is 1.60. The minimum Gasteiger partial charge on any atom is -0.378 e. The summed E-state index contributed by atoms with van der Waals surface area (Å²) in [6, 6.07) is 15.9. The van der Waals surface area contributed by atoms with E-state index in [1.165, 1.54) is 0 Å². The van der Waals surface area contributed by atoms with E-state index in [1.54, 1.807) is 29.9 Å². The molecule has 0 radical (unpaired) electrons. The zero-order valence-corrected chi connectivity index (χ0v) is 19.2. The summed E-state index contributed by atoms with van der Waals surface area (Å²) >= 11 is 1.68. The van der Waals surface area contributed by atoms with Crippen molar-refractivity contribution in [2.45, 2.75) is 13.5 Å². The maximum atomic E-state index is 5.58. The molecule has 1 aliphatic rings. The normalized spacial score (nSPS) is 14.5. The van der Waals surface area contributed by atoms with Gasteiger partial charge in [-0.25, -0.2) is 15.0 Å². The molecule has 3 aromatic heterocycles. The summed E-state index contributed by atoms with van der Waals surface area (Å²) in [7, 11) is 0. The van der Waals surface area contributed by atoms with Gasteiger partial charge in [-0.1, -0.05) is 30.3 Å². The smallest absolute Gasteiger partial charge is 0.159 e. The molecule has 0 amide bonds. The number of aryl methyl sites for hydroxylation is 1. The van der Waals surface area contributed by atoms with Crippen molar-refractivity contribution in [2.24, 2.45) is 4.99 Å². The lowest BCUT2D eigenvalue weighted by Crippen LogP contribution is -2.41. The van der Waals surface area contributed by atoms with Crippen LogP contribution in [0.25, 0.3) is 22.0 Å². The fourth-order valence-corrected chi connectivity index (χ4v) is 4.60. The molecule has 1 fully saturated rings. The average Bonchev–Trinajstić information content (AvgIpc) is 3.27. The van der Waals surface area contributed by atoms with Crippen molar-refractivity contribution >= 4 is 17.2 Å². The monoisotopic (exact) mass is 456 g/mol. The van der Waals surface area contributed by atoms with Crippen molar-refractivity contribution in [1.82, 2.24) is 24.8 Å². The number of aliphatic imine (C=N–C) groups is 1. The lowest BCUT2D eigenvalue weighted by Gasteiger charge is -2.29. The first-order valence-corrected chi connectivity index (χ1v) is 11.7. The highest BCUT2D eigenvalue weighted by Crippen LogP contribution is 2.28. The molecule has 166 valence electrons. The molecule has 1 aromatic carbocycles. The highest BCUT2D eigenvalue weighted by atomic mass is 32.1. The first-order valence-electron chi connectivity index (χ1n) is 10.9. The predicted octanol–water partition coefficient (Wildman–Crippen LogP) is 4.25. The molecule has 1 saturated heterocycles. The number of hydrogen-bond donors (Lipinski definition) is 0. The van der Waals surface area contributed by atoms with E-state index in [4.69, 9.17) is 19.7 Å². The zero-order chi connectivity index (χ0) is 22.5. The molecule has 0 bridgehead atoms. The van der Waals surface area contributed by atoms with Crippen LogP contribution in [-0.2, 0) is 11.3 Å². The van der Waals surface area contributed by atoms with E-state index in [9.17, 15) is 0 Å². The molecule has 33 heavy (non-hydrogen) atoms. The van der Waals surface area contributed by atoms with Crippen LogP contribution in [0.3, 0.4) is 0 Å². The molecule has 7 nitrogen and oxygen atoms in total. The van der Waals surface area contributed by atoms with Crippen molar-refractivity contribution in [3.63, 3.8) is 0 Å². The van der Waals surface area contributed by atoms with Crippen molar-refractivity contribution < 1.29 is 4.74 Å². The van der Waals surface area contributed by atoms with Gasteiger partial charge in [-0.15, -0.1) is 11.3 Å². The van der Waals surface area contributed by atoms with Gasteiger partial charge in [0.1, 0.15) is 10.7 Å². The van der Waals surface area contributed by atoms with E-state index in [2.05, 4.69) is 21.8 Å². The van der Waals surface area contributed by atoms with E-state index in [0.29, 0.717) is 25.6 Å². The number of benzene rings is 1. The molecule has 4 aromatic rings. The molecule has 0 N–H and O–H groups in total. The highest BCUT2D eigenvalue weighted by molar-refractivity contribution is 7.15. The molecule has 0 saturated carbocycles. The quantitative estimate of drug-likeness (QED) is 0.330. The number of morpholine rings is 1. The van der Waals surface area contributed by atoms with Gasteiger partial charge >= 0.3 is 0 Å². The molecule has 0 atom stereocenters. The first kappa shape index (κ1) is 21.4. The van der Waals surface area contributed by atoms with Gasteiger partial charge in [0.2, 0.25) is 0 Å². The van der Waals surface area contributed by atoms with Crippen LogP contribution in [-0.4, -0.2) is 57.0 Å². The van der Waals surface area contributed by atoms with Crippen molar-refractivity contribution in [3.05, 3.63) is 83.4 Å². The summed E-state index contributed by atoms with van der Waals surface area (Å²) < 4.78 is 5.58. The summed E-state index contributed by atoms with van der Waals surface area (Å²) in [5.41, 5.74) is 3.85. The number of aromatic nitrogens is 4. The van der Waals surface area contributed by atoms with Crippen LogP contribution >= 0.6 is 11.3 Å². The van der Waals surface area contributed by atoms with Crippen LogP contribution in [0.4, 0.5) is 0 Å². The Balaban J connectivity index is 1.47. The lowest BCUT2D eigenvalue weighted by atomic mass is 10.2. The molecular weight excluding hydrogens is 432 g/mol. The van der Waals surface area contributed by atoms with Gasteiger partial charge in [-0.05, 0) is 25.1 Å². The molecule has 5 rings (SSSR count). The summed E-state index contributed by atoms with van der Waals surface area (Å²) in [6.07, 6.45) is 5.38. The first-order chi connectivity index (χ1) is 16.3. The topological polar surface area (TPSA) is 76.4 Å². The van der Waals surface area contributed by atoms with Crippen LogP contribution in [0, 0.1) is 6.92 Å². The Bertz CT molecular complexity index is 1240. The fourth-order valence-electron chi connectivity index (χ4n) is 3.69. The summed E-state index contributed by atoms with van der Waals surface area (Å²) in [6.45, 7) is 5.51. The Labute approximate surface area is 196 Å². The number of thiazole rings is 1. The number of pyridine rings is 1. The van der Waals surface area contributed by atoms with Crippen molar-refractivity contribution in [1.29, 1.82) is 0 Å². The second-order valence-corrected chi connectivity index (χ2v) is 8.84. The van der Waals surface area contributed by atoms with Gasteiger partial charge in [0.15, 0.2) is 11.7 Å².